The van der Waals surface area contributed by atoms with Crippen LogP contribution in [0.4, 0.5) is 0 Å². The van der Waals surface area contributed by atoms with Crippen molar-refractivity contribution in [2.75, 3.05) is 13.1 Å². The van der Waals surface area contributed by atoms with E-state index in [0.29, 0.717) is 17.8 Å². The van der Waals surface area contributed by atoms with Crippen molar-refractivity contribution in [3.63, 3.8) is 0 Å². The largest absolute Gasteiger partial charge is 0.471 e. The molecule has 0 unspecified atom stereocenters. The molecular formula is C20H22N4O. The van der Waals surface area contributed by atoms with Crippen molar-refractivity contribution in [1.82, 2.24) is 20.1 Å². The fourth-order valence-corrected chi connectivity index (χ4v) is 4.34. The first-order valence-corrected chi connectivity index (χ1v) is 9.10. The number of nitrogens with zero attached hydrogens (tertiary/aromatic N) is 3. The van der Waals surface area contributed by atoms with Crippen molar-refractivity contribution >= 4 is 10.9 Å². The fourth-order valence-electron chi connectivity index (χ4n) is 4.34. The molecule has 5 heterocycles. The number of aromatic amines is 1. The Morgan fingerprint density at radius 3 is 2.72 bits per heavy atom. The number of H-pyrrole nitrogens is 1. The lowest BCUT2D eigenvalue weighted by molar-refractivity contribution is -0.0528. The molecule has 0 aliphatic carbocycles. The van der Waals surface area contributed by atoms with E-state index in [9.17, 15) is 0 Å². The first-order valence-electron chi connectivity index (χ1n) is 9.10. The standard InChI is InChI=1S/C20H22N4O/c1-13-20(14-7-10-24(13)11-8-14)25-19-5-4-18(22-23-19)15-2-3-17-16(12-15)6-9-21-17/h2-6,9,12-14,20-21H,7-8,10-11H2,1H3/t13-,20-/m1/s1. The quantitative estimate of drug-likeness (QED) is 0.797. The Labute approximate surface area is 147 Å². The molecule has 0 amide bonds. The van der Waals surface area contributed by atoms with Gasteiger partial charge in [-0.15, -0.1) is 10.2 Å². The fraction of sp³-hybridized carbons (Fsp3) is 0.400. The van der Waals surface area contributed by atoms with Crippen LogP contribution in [-0.2, 0) is 0 Å². The molecule has 2 aromatic heterocycles. The zero-order valence-electron chi connectivity index (χ0n) is 14.4. The Bertz CT molecular complexity index is 878. The number of nitrogens with one attached hydrogen (secondary N) is 1. The molecule has 1 N–H and O–H groups in total. The van der Waals surface area contributed by atoms with Crippen LogP contribution in [0.15, 0.2) is 42.6 Å². The Morgan fingerprint density at radius 1 is 1.08 bits per heavy atom. The molecule has 2 bridgehead atoms. The molecule has 0 saturated carbocycles. The minimum Gasteiger partial charge on any atom is -0.471 e. The van der Waals surface area contributed by atoms with E-state index < -0.39 is 0 Å². The average Bonchev–Trinajstić information content (AvgIpc) is 3.13. The second-order valence-corrected chi connectivity index (χ2v) is 7.23. The van der Waals surface area contributed by atoms with E-state index in [4.69, 9.17) is 4.74 Å². The number of hydrogen-bond acceptors (Lipinski definition) is 4. The molecule has 0 spiro atoms. The van der Waals surface area contributed by atoms with Gasteiger partial charge in [-0.3, -0.25) is 4.90 Å². The molecule has 5 nitrogen and oxygen atoms in total. The smallest absolute Gasteiger partial charge is 0.233 e. The number of fused-ring (bicyclic) bond motifs is 4. The molecule has 2 atom stereocenters. The van der Waals surface area contributed by atoms with E-state index in [2.05, 4.69) is 51.3 Å². The summed E-state index contributed by atoms with van der Waals surface area (Å²) in [6.45, 7) is 4.68. The number of aromatic nitrogens is 3. The maximum atomic E-state index is 6.23. The second kappa shape index (κ2) is 5.85. The Hall–Kier alpha value is -2.40. The van der Waals surface area contributed by atoms with Gasteiger partial charge in [-0.1, -0.05) is 6.07 Å². The molecule has 1 aromatic carbocycles. The Kier molecular flexibility index (Phi) is 3.48. The van der Waals surface area contributed by atoms with Gasteiger partial charge in [0.1, 0.15) is 6.10 Å². The third kappa shape index (κ3) is 2.59. The lowest BCUT2D eigenvalue weighted by Crippen LogP contribution is -2.58. The molecule has 5 heteroatoms. The number of rotatable bonds is 3. The minimum atomic E-state index is 0.235. The van der Waals surface area contributed by atoms with Crippen LogP contribution in [0.1, 0.15) is 19.8 Å². The molecule has 3 aliphatic rings. The molecule has 6 rings (SSSR count). The molecule has 25 heavy (non-hydrogen) atoms. The normalized spacial score (nSPS) is 28.4. The maximum Gasteiger partial charge on any atom is 0.233 e. The second-order valence-electron chi connectivity index (χ2n) is 7.23. The molecule has 3 saturated heterocycles. The third-order valence-corrected chi connectivity index (χ3v) is 5.84. The molecule has 3 fully saturated rings. The van der Waals surface area contributed by atoms with Crippen molar-refractivity contribution in [2.24, 2.45) is 5.92 Å². The summed E-state index contributed by atoms with van der Waals surface area (Å²) in [7, 11) is 0. The highest BCUT2D eigenvalue weighted by Crippen LogP contribution is 2.34. The highest BCUT2D eigenvalue weighted by molar-refractivity contribution is 5.84. The van der Waals surface area contributed by atoms with Crippen molar-refractivity contribution in [2.45, 2.75) is 31.9 Å². The summed E-state index contributed by atoms with van der Waals surface area (Å²) in [5.74, 6) is 1.29. The van der Waals surface area contributed by atoms with Gasteiger partial charge in [-0.2, -0.15) is 0 Å². The minimum absolute atomic E-state index is 0.235. The van der Waals surface area contributed by atoms with Gasteiger partial charge >= 0.3 is 0 Å². The average molecular weight is 334 g/mol. The van der Waals surface area contributed by atoms with Crippen LogP contribution in [0, 0.1) is 5.92 Å². The number of hydrogen-bond donors (Lipinski definition) is 1. The molecule has 128 valence electrons. The highest BCUT2D eigenvalue weighted by atomic mass is 16.5. The van der Waals surface area contributed by atoms with E-state index in [1.54, 1.807) is 0 Å². The molecular weight excluding hydrogens is 312 g/mol. The van der Waals surface area contributed by atoms with Crippen molar-refractivity contribution in [3.8, 4) is 17.1 Å². The van der Waals surface area contributed by atoms with Crippen LogP contribution in [0.2, 0.25) is 0 Å². The maximum absolute atomic E-state index is 6.23. The van der Waals surface area contributed by atoms with E-state index in [0.717, 1.165) is 16.8 Å². The van der Waals surface area contributed by atoms with Gasteiger partial charge in [0.15, 0.2) is 0 Å². The van der Waals surface area contributed by atoms with Crippen molar-refractivity contribution in [3.05, 3.63) is 42.6 Å². The monoisotopic (exact) mass is 334 g/mol. The van der Waals surface area contributed by atoms with Crippen molar-refractivity contribution < 1.29 is 4.74 Å². The van der Waals surface area contributed by atoms with Crippen LogP contribution in [0.25, 0.3) is 22.2 Å². The van der Waals surface area contributed by atoms with Gasteiger partial charge in [0.05, 0.1) is 5.69 Å². The van der Waals surface area contributed by atoms with Crippen LogP contribution in [0.3, 0.4) is 0 Å². The predicted octanol–water partition coefficient (Wildman–Crippen LogP) is 3.49. The van der Waals surface area contributed by atoms with Crippen LogP contribution < -0.4 is 4.74 Å². The topological polar surface area (TPSA) is 54.0 Å². The third-order valence-electron chi connectivity index (χ3n) is 5.84. The summed E-state index contributed by atoms with van der Waals surface area (Å²) < 4.78 is 6.23. The predicted molar refractivity (Wildman–Crippen MR) is 97.5 cm³/mol. The van der Waals surface area contributed by atoms with E-state index in [1.165, 1.54) is 31.3 Å². The van der Waals surface area contributed by atoms with Crippen molar-refractivity contribution in [1.29, 1.82) is 0 Å². The lowest BCUT2D eigenvalue weighted by atomic mass is 9.81. The highest BCUT2D eigenvalue weighted by Gasteiger charge is 2.41. The van der Waals surface area contributed by atoms with Gasteiger partial charge < -0.3 is 9.72 Å². The number of piperidine rings is 3. The summed E-state index contributed by atoms with van der Waals surface area (Å²) in [4.78, 5) is 5.74. The first kappa shape index (κ1) is 14.9. The van der Waals surface area contributed by atoms with Gasteiger partial charge in [-0.25, -0.2) is 0 Å². The van der Waals surface area contributed by atoms with E-state index >= 15 is 0 Å². The molecule has 0 radical (unpaired) electrons. The summed E-state index contributed by atoms with van der Waals surface area (Å²) in [6.07, 6.45) is 4.65. The van der Waals surface area contributed by atoms with Crippen LogP contribution >= 0.6 is 0 Å². The van der Waals surface area contributed by atoms with Gasteiger partial charge in [0.25, 0.3) is 0 Å². The summed E-state index contributed by atoms with van der Waals surface area (Å²) in [6, 6.07) is 12.8. The first-order chi connectivity index (χ1) is 12.3. The van der Waals surface area contributed by atoms with Gasteiger partial charge in [0.2, 0.25) is 5.88 Å². The van der Waals surface area contributed by atoms with Gasteiger partial charge in [-0.05, 0) is 63.0 Å². The van der Waals surface area contributed by atoms with E-state index in [1.807, 2.05) is 18.3 Å². The van der Waals surface area contributed by atoms with E-state index in [-0.39, 0.29) is 6.10 Å². The zero-order valence-corrected chi connectivity index (χ0v) is 14.4. The Balaban J connectivity index is 1.36. The molecule has 3 aliphatic heterocycles. The van der Waals surface area contributed by atoms with Gasteiger partial charge in [0, 0.05) is 34.8 Å². The van der Waals surface area contributed by atoms with Crippen LogP contribution in [-0.4, -0.2) is 45.3 Å². The summed E-state index contributed by atoms with van der Waals surface area (Å²) in [5, 5.41) is 9.91. The summed E-state index contributed by atoms with van der Waals surface area (Å²) in [5.41, 5.74) is 3.08. The summed E-state index contributed by atoms with van der Waals surface area (Å²) >= 11 is 0. The molecule has 3 aromatic rings. The number of benzene rings is 1. The Morgan fingerprint density at radius 2 is 1.96 bits per heavy atom. The lowest BCUT2D eigenvalue weighted by Gasteiger charge is -2.48. The number of ether oxygens (including phenoxy) is 1. The SMILES string of the molecule is C[C@@H]1[C@@H](Oc2ccc(-c3ccc4[nH]ccc4c3)nn2)C2CCN1CC2. The zero-order chi connectivity index (χ0) is 16.8. The van der Waals surface area contributed by atoms with Crippen LogP contribution in [0.5, 0.6) is 5.88 Å².